The number of anilines is 1. The smallest absolute Gasteiger partial charge is 0.250 e. The minimum absolute atomic E-state index is 0.0136. The third-order valence-corrected chi connectivity index (χ3v) is 6.53. The van der Waals surface area contributed by atoms with Crippen LogP contribution in [0.25, 0.3) is 21.9 Å². The Hall–Kier alpha value is -4.50. The summed E-state index contributed by atoms with van der Waals surface area (Å²) in [4.78, 5) is 20.8. The van der Waals surface area contributed by atoms with Crippen molar-refractivity contribution in [3.63, 3.8) is 0 Å². The molecule has 0 unspecified atom stereocenters. The first-order valence-corrected chi connectivity index (χ1v) is 12.2. The molecule has 6 aromatic rings. The third kappa shape index (κ3) is 4.68. The van der Waals surface area contributed by atoms with Gasteiger partial charge < -0.3 is 9.88 Å². The van der Waals surface area contributed by atoms with Gasteiger partial charge in [-0.2, -0.15) is 10.2 Å². The van der Waals surface area contributed by atoms with E-state index in [1.165, 1.54) is 6.33 Å². The van der Waals surface area contributed by atoms with Crippen molar-refractivity contribution in [1.29, 1.82) is 0 Å². The number of rotatable bonds is 7. The predicted octanol–water partition coefficient (Wildman–Crippen LogP) is 4.24. The van der Waals surface area contributed by atoms with E-state index in [0.717, 1.165) is 33.1 Å². The van der Waals surface area contributed by atoms with Crippen LogP contribution < -0.4 is 10.9 Å². The lowest BCUT2D eigenvalue weighted by Gasteiger charge is -2.07. The molecule has 0 atom stereocenters. The first kappa shape index (κ1) is 22.9. The maximum absolute atomic E-state index is 12.0. The van der Waals surface area contributed by atoms with Gasteiger partial charge in [0.2, 0.25) is 0 Å². The van der Waals surface area contributed by atoms with E-state index in [9.17, 15) is 4.79 Å². The first-order chi connectivity index (χ1) is 18.0. The van der Waals surface area contributed by atoms with Crippen LogP contribution in [0.5, 0.6) is 0 Å². The predicted molar refractivity (Wildman–Crippen MR) is 144 cm³/mol. The van der Waals surface area contributed by atoms with Crippen LogP contribution in [0, 0.1) is 0 Å². The number of benzene rings is 2. The Balaban J connectivity index is 1.19. The topological polar surface area (TPSA) is 95.5 Å². The van der Waals surface area contributed by atoms with Crippen molar-refractivity contribution in [2.75, 3.05) is 5.32 Å². The van der Waals surface area contributed by atoms with E-state index in [1.54, 1.807) is 22.9 Å². The van der Waals surface area contributed by atoms with Crippen LogP contribution in [0.1, 0.15) is 16.8 Å². The molecule has 0 aliphatic rings. The van der Waals surface area contributed by atoms with E-state index < -0.39 is 0 Å². The number of hydrogen-bond donors (Lipinski definition) is 1. The second-order valence-corrected chi connectivity index (χ2v) is 9.29. The quantitative estimate of drug-likeness (QED) is 0.345. The Bertz CT molecular complexity index is 1780. The van der Waals surface area contributed by atoms with Crippen LogP contribution in [0.2, 0.25) is 5.02 Å². The van der Waals surface area contributed by atoms with Gasteiger partial charge in [0.05, 0.1) is 36.2 Å². The molecule has 0 saturated carbocycles. The lowest BCUT2D eigenvalue weighted by molar-refractivity contribution is 0.692. The van der Waals surface area contributed by atoms with Gasteiger partial charge in [-0.05, 0) is 35.4 Å². The fraction of sp³-hybridized carbons (Fsp3) is 0.148. The lowest BCUT2D eigenvalue weighted by atomic mass is 10.1. The first-order valence-electron chi connectivity index (χ1n) is 11.8. The van der Waals surface area contributed by atoms with E-state index in [-0.39, 0.29) is 5.56 Å². The number of halogens is 1. The summed E-state index contributed by atoms with van der Waals surface area (Å²) in [6, 6.07) is 19.1. The fourth-order valence-corrected chi connectivity index (χ4v) is 4.61. The zero-order chi connectivity index (χ0) is 25.4. The Morgan fingerprint density at radius 2 is 1.73 bits per heavy atom. The van der Waals surface area contributed by atoms with Crippen LogP contribution >= 0.6 is 11.6 Å². The molecule has 0 aliphatic carbocycles. The highest BCUT2D eigenvalue weighted by atomic mass is 35.5. The molecule has 10 heteroatoms. The maximum Gasteiger partial charge on any atom is 0.250 e. The Morgan fingerprint density at radius 1 is 0.919 bits per heavy atom. The standard InChI is InChI=1S/C27H23ClN8O/c1-34-24-10-9-20(28)12-21(24)23(32-34)13-29-26-22-16-36(33-27(22)31-17-30-26)15-19-7-5-18(6-8-19)14-35-11-3-2-4-25(35)37/h2-12,16-17H,13-15H2,1H3,(H,29,30,31,33). The summed E-state index contributed by atoms with van der Waals surface area (Å²) >= 11 is 6.21. The molecule has 37 heavy (non-hydrogen) atoms. The highest BCUT2D eigenvalue weighted by Gasteiger charge is 2.12. The van der Waals surface area contributed by atoms with E-state index in [2.05, 4.69) is 37.6 Å². The van der Waals surface area contributed by atoms with Crippen LogP contribution in [0.4, 0.5) is 5.82 Å². The van der Waals surface area contributed by atoms with Gasteiger partial charge in [0.15, 0.2) is 5.65 Å². The average Bonchev–Trinajstić information content (AvgIpc) is 3.45. The molecule has 0 amide bonds. The van der Waals surface area contributed by atoms with E-state index in [4.69, 9.17) is 11.6 Å². The van der Waals surface area contributed by atoms with Crippen molar-refractivity contribution in [2.24, 2.45) is 7.05 Å². The number of hydrogen-bond acceptors (Lipinski definition) is 6. The molecule has 0 bridgehead atoms. The van der Waals surface area contributed by atoms with E-state index >= 15 is 0 Å². The molecule has 184 valence electrons. The Morgan fingerprint density at radius 3 is 2.54 bits per heavy atom. The van der Waals surface area contributed by atoms with Gasteiger partial charge in [0.1, 0.15) is 12.1 Å². The summed E-state index contributed by atoms with van der Waals surface area (Å²) in [7, 11) is 1.92. The Labute approximate surface area is 217 Å². The molecule has 2 aromatic carbocycles. The van der Waals surface area contributed by atoms with E-state index in [0.29, 0.717) is 36.1 Å². The number of nitrogens with one attached hydrogen (secondary N) is 1. The molecular weight excluding hydrogens is 488 g/mol. The average molecular weight is 511 g/mol. The monoisotopic (exact) mass is 510 g/mol. The molecule has 4 aromatic heterocycles. The summed E-state index contributed by atoms with van der Waals surface area (Å²) in [5.74, 6) is 0.695. The SMILES string of the molecule is Cn1nc(CNc2ncnc3nn(Cc4ccc(Cn5ccccc5=O)cc4)cc23)c2cc(Cl)ccc21. The van der Waals surface area contributed by atoms with Crippen molar-refractivity contribution in [3.8, 4) is 0 Å². The molecule has 0 radical (unpaired) electrons. The molecule has 9 nitrogen and oxygen atoms in total. The van der Waals surface area contributed by atoms with Gasteiger partial charge in [-0.25, -0.2) is 9.97 Å². The third-order valence-electron chi connectivity index (χ3n) is 6.30. The van der Waals surface area contributed by atoms with Gasteiger partial charge in [-0.3, -0.25) is 14.2 Å². The van der Waals surface area contributed by atoms with Gasteiger partial charge in [0, 0.05) is 35.9 Å². The maximum atomic E-state index is 12.0. The molecule has 0 spiro atoms. The second-order valence-electron chi connectivity index (χ2n) is 8.85. The summed E-state index contributed by atoms with van der Waals surface area (Å²) in [6.07, 6.45) is 5.25. The van der Waals surface area contributed by atoms with Crippen LogP contribution in [-0.2, 0) is 26.7 Å². The zero-order valence-corrected chi connectivity index (χ0v) is 20.8. The minimum Gasteiger partial charge on any atom is -0.364 e. The number of aryl methyl sites for hydroxylation is 1. The summed E-state index contributed by atoms with van der Waals surface area (Å²) in [5, 5.41) is 15.2. The highest BCUT2D eigenvalue weighted by molar-refractivity contribution is 6.31. The lowest BCUT2D eigenvalue weighted by Crippen LogP contribution is -2.18. The van der Waals surface area contributed by atoms with Crippen molar-refractivity contribution in [1.82, 2.24) is 34.1 Å². The fourth-order valence-electron chi connectivity index (χ4n) is 4.44. The molecule has 0 saturated heterocycles. The van der Waals surface area contributed by atoms with Gasteiger partial charge in [-0.15, -0.1) is 0 Å². The molecule has 4 heterocycles. The van der Waals surface area contributed by atoms with Crippen LogP contribution in [-0.4, -0.2) is 34.1 Å². The van der Waals surface area contributed by atoms with Crippen molar-refractivity contribution in [3.05, 3.63) is 112 Å². The van der Waals surface area contributed by atoms with Crippen molar-refractivity contribution in [2.45, 2.75) is 19.6 Å². The van der Waals surface area contributed by atoms with Crippen molar-refractivity contribution >= 4 is 39.4 Å². The zero-order valence-electron chi connectivity index (χ0n) is 20.0. The molecular formula is C27H23ClN8O. The number of fused-ring (bicyclic) bond motifs is 2. The van der Waals surface area contributed by atoms with Gasteiger partial charge in [-0.1, -0.05) is 41.9 Å². The van der Waals surface area contributed by atoms with Crippen molar-refractivity contribution < 1.29 is 0 Å². The number of aromatic nitrogens is 7. The Kier molecular flexibility index (Phi) is 5.90. The minimum atomic E-state index is -0.0136. The van der Waals surface area contributed by atoms with Gasteiger partial charge in [0.25, 0.3) is 5.56 Å². The summed E-state index contributed by atoms with van der Waals surface area (Å²) < 4.78 is 5.39. The normalized spacial score (nSPS) is 11.4. The number of pyridine rings is 1. The molecule has 0 fully saturated rings. The van der Waals surface area contributed by atoms with Crippen LogP contribution in [0.3, 0.4) is 0 Å². The highest BCUT2D eigenvalue weighted by Crippen LogP contribution is 2.24. The van der Waals surface area contributed by atoms with Gasteiger partial charge >= 0.3 is 0 Å². The summed E-state index contributed by atoms with van der Waals surface area (Å²) in [5.41, 5.74) is 4.66. The van der Waals surface area contributed by atoms with E-state index in [1.807, 2.05) is 59.0 Å². The number of nitrogens with zero attached hydrogens (tertiary/aromatic N) is 7. The second kappa shape index (κ2) is 9.51. The largest absolute Gasteiger partial charge is 0.364 e. The van der Waals surface area contributed by atoms with Crippen LogP contribution in [0.15, 0.2) is 84.2 Å². The molecule has 0 aliphatic heterocycles. The summed E-state index contributed by atoms with van der Waals surface area (Å²) in [6.45, 7) is 1.61. The molecule has 1 N–H and O–H groups in total. The molecule has 6 rings (SSSR count).